The summed E-state index contributed by atoms with van der Waals surface area (Å²) in [6, 6.07) is 4.41. The smallest absolute Gasteiger partial charge is 0.404 e. The van der Waals surface area contributed by atoms with Crippen LogP contribution >= 0.6 is 0 Å². The zero-order valence-corrected chi connectivity index (χ0v) is 14.6. The second-order valence-electron chi connectivity index (χ2n) is 5.83. The summed E-state index contributed by atoms with van der Waals surface area (Å²) in [6.07, 6.45) is -1.80. The van der Waals surface area contributed by atoms with Crippen LogP contribution in [-0.2, 0) is 10.0 Å². The Morgan fingerprint density at radius 1 is 1.27 bits per heavy atom. The lowest BCUT2D eigenvalue weighted by Crippen LogP contribution is -2.49. The van der Waals surface area contributed by atoms with E-state index in [1.807, 2.05) is 11.9 Å². The zero-order valence-electron chi connectivity index (χ0n) is 13.8. The van der Waals surface area contributed by atoms with E-state index in [1.165, 1.54) is 12.1 Å². The fraction of sp³-hybridized carbons (Fsp3) is 0.400. The predicted octanol–water partition coefficient (Wildman–Crippen LogP) is 1.99. The molecule has 142 valence electrons. The van der Waals surface area contributed by atoms with Crippen LogP contribution in [0.2, 0.25) is 0 Å². The molecule has 0 aliphatic carbocycles. The van der Waals surface area contributed by atoms with E-state index in [-0.39, 0.29) is 19.1 Å². The average molecular weight is 390 g/mol. The van der Waals surface area contributed by atoms with Crippen molar-refractivity contribution in [2.24, 2.45) is 0 Å². The molecule has 1 aromatic carbocycles. The summed E-state index contributed by atoms with van der Waals surface area (Å²) >= 11 is 0. The van der Waals surface area contributed by atoms with Gasteiger partial charge in [0, 0.05) is 32.0 Å². The summed E-state index contributed by atoms with van der Waals surface area (Å²) in [6.45, 7) is 0.621. The molecule has 2 heterocycles. The number of benzene rings is 1. The van der Waals surface area contributed by atoms with Gasteiger partial charge in [0.05, 0.1) is 6.04 Å². The number of aromatic amines is 1. The first-order valence-corrected chi connectivity index (χ1v) is 9.17. The second-order valence-corrected chi connectivity index (χ2v) is 7.73. The molecule has 3 rings (SSSR count). The molecule has 0 bridgehead atoms. The Hall–Kier alpha value is -2.11. The SMILES string of the molecule is CN1CCN(S(=O)(=O)c2ccccc2OC(F)(F)F)C[C@H]1c1ncc[nH]1. The van der Waals surface area contributed by atoms with Crippen LogP contribution < -0.4 is 4.74 Å². The summed E-state index contributed by atoms with van der Waals surface area (Å²) in [4.78, 5) is 8.52. The van der Waals surface area contributed by atoms with Gasteiger partial charge in [-0.2, -0.15) is 4.31 Å². The predicted molar refractivity (Wildman–Crippen MR) is 85.8 cm³/mol. The van der Waals surface area contributed by atoms with Crippen molar-refractivity contribution >= 4 is 10.0 Å². The number of likely N-dealkylation sites (N-methyl/N-ethyl adjacent to an activating group) is 1. The number of sulfonamides is 1. The number of imidazole rings is 1. The van der Waals surface area contributed by atoms with Gasteiger partial charge in [0.25, 0.3) is 0 Å². The molecule has 26 heavy (non-hydrogen) atoms. The largest absolute Gasteiger partial charge is 0.573 e. The molecule has 2 aromatic rings. The van der Waals surface area contributed by atoms with E-state index < -0.39 is 27.0 Å². The Morgan fingerprint density at radius 2 is 2.00 bits per heavy atom. The molecule has 0 radical (unpaired) electrons. The van der Waals surface area contributed by atoms with Crippen LogP contribution in [0.1, 0.15) is 11.9 Å². The molecule has 1 N–H and O–H groups in total. The van der Waals surface area contributed by atoms with Crippen molar-refractivity contribution in [2.75, 3.05) is 26.7 Å². The highest BCUT2D eigenvalue weighted by molar-refractivity contribution is 7.89. The van der Waals surface area contributed by atoms with Crippen molar-refractivity contribution in [3.05, 3.63) is 42.5 Å². The van der Waals surface area contributed by atoms with E-state index in [0.717, 1.165) is 16.4 Å². The molecule has 1 fully saturated rings. The standard InChI is InChI=1S/C15H17F3N4O3S/c1-21-8-9-22(10-11(21)14-19-6-7-20-14)26(23,24)13-5-3-2-4-12(13)25-15(16,17)18/h2-7,11H,8-10H2,1H3,(H,19,20)/t11-/m0/s1. The van der Waals surface area contributed by atoms with Crippen molar-refractivity contribution in [1.29, 1.82) is 0 Å². The minimum atomic E-state index is -4.98. The summed E-state index contributed by atoms with van der Waals surface area (Å²) < 4.78 is 68.7. The fourth-order valence-electron chi connectivity index (χ4n) is 2.83. The van der Waals surface area contributed by atoms with Gasteiger partial charge in [0.2, 0.25) is 10.0 Å². The number of piperazine rings is 1. The first kappa shape index (κ1) is 18.7. The topological polar surface area (TPSA) is 78.5 Å². The lowest BCUT2D eigenvalue weighted by molar-refractivity contribution is -0.275. The zero-order chi connectivity index (χ0) is 18.9. The van der Waals surface area contributed by atoms with Gasteiger partial charge in [0.1, 0.15) is 16.5 Å². The van der Waals surface area contributed by atoms with Crippen LogP contribution in [0.4, 0.5) is 13.2 Å². The number of aromatic nitrogens is 2. The lowest BCUT2D eigenvalue weighted by Gasteiger charge is -2.37. The molecule has 0 saturated carbocycles. The number of H-pyrrole nitrogens is 1. The number of para-hydroxylation sites is 1. The van der Waals surface area contributed by atoms with Gasteiger partial charge in [-0.05, 0) is 19.2 Å². The molecule has 1 aliphatic heterocycles. The van der Waals surface area contributed by atoms with Crippen LogP contribution in [-0.4, -0.2) is 60.6 Å². The van der Waals surface area contributed by atoms with E-state index in [2.05, 4.69) is 14.7 Å². The van der Waals surface area contributed by atoms with Gasteiger partial charge in [0.15, 0.2) is 0 Å². The number of nitrogens with one attached hydrogen (secondary N) is 1. The van der Waals surface area contributed by atoms with Crippen LogP contribution in [0.3, 0.4) is 0 Å². The number of nitrogens with zero attached hydrogens (tertiary/aromatic N) is 3. The summed E-state index contributed by atoms with van der Waals surface area (Å²) in [5, 5.41) is 0. The van der Waals surface area contributed by atoms with Gasteiger partial charge >= 0.3 is 6.36 Å². The molecular weight excluding hydrogens is 373 g/mol. The summed E-state index contributed by atoms with van der Waals surface area (Å²) in [7, 11) is -2.34. The summed E-state index contributed by atoms with van der Waals surface area (Å²) in [5.41, 5.74) is 0. The van der Waals surface area contributed by atoms with Crippen LogP contribution in [0.5, 0.6) is 5.75 Å². The lowest BCUT2D eigenvalue weighted by atomic mass is 10.2. The number of hydrogen-bond acceptors (Lipinski definition) is 5. The van der Waals surface area contributed by atoms with Gasteiger partial charge in [-0.15, -0.1) is 13.2 Å². The van der Waals surface area contributed by atoms with E-state index in [9.17, 15) is 21.6 Å². The maximum atomic E-state index is 12.9. The average Bonchev–Trinajstić information content (AvgIpc) is 3.08. The normalized spacial score (nSPS) is 20.2. The van der Waals surface area contributed by atoms with Crippen molar-refractivity contribution in [3.63, 3.8) is 0 Å². The molecular formula is C15H17F3N4O3S. The van der Waals surface area contributed by atoms with Crippen LogP contribution in [0.15, 0.2) is 41.6 Å². The van der Waals surface area contributed by atoms with Crippen LogP contribution in [0, 0.1) is 0 Å². The Morgan fingerprint density at radius 3 is 2.65 bits per heavy atom. The van der Waals surface area contributed by atoms with E-state index >= 15 is 0 Å². The van der Waals surface area contributed by atoms with Gasteiger partial charge in [-0.3, -0.25) is 4.90 Å². The van der Waals surface area contributed by atoms with Gasteiger partial charge in [-0.1, -0.05) is 12.1 Å². The third-order valence-corrected chi connectivity index (χ3v) is 6.04. The first-order chi connectivity index (χ1) is 12.2. The Bertz CT molecular complexity index is 855. The molecule has 7 nitrogen and oxygen atoms in total. The molecule has 0 amide bonds. The van der Waals surface area contributed by atoms with Crippen molar-refractivity contribution in [2.45, 2.75) is 17.3 Å². The molecule has 1 aromatic heterocycles. The van der Waals surface area contributed by atoms with Crippen molar-refractivity contribution < 1.29 is 26.3 Å². The molecule has 1 atom stereocenters. The molecule has 0 unspecified atom stereocenters. The summed E-state index contributed by atoms with van der Waals surface area (Å²) in [5.74, 6) is -0.152. The quantitative estimate of drug-likeness (QED) is 0.864. The molecule has 1 saturated heterocycles. The highest BCUT2D eigenvalue weighted by Gasteiger charge is 2.38. The minimum absolute atomic E-state index is 0.0622. The van der Waals surface area contributed by atoms with E-state index in [1.54, 1.807) is 12.4 Å². The number of ether oxygens (including phenoxy) is 1. The fourth-order valence-corrected chi connectivity index (χ4v) is 4.39. The van der Waals surface area contributed by atoms with Crippen molar-refractivity contribution in [1.82, 2.24) is 19.2 Å². The highest BCUT2D eigenvalue weighted by atomic mass is 32.2. The monoisotopic (exact) mass is 390 g/mol. The Kier molecular flexibility index (Phi) is 4.95. The van der Waals surface area contributed by atoms with Crippen molar-refractivity contribution in [3.8, 4) is 5.75 Å². The van der Waals surface area contributed by atoms with E-state index in [4.69, 9.17) is 0 Å². The van der Waals surface area contributed by atoms with E-state index in [0.29, 0.717) is 12.4 Å². The maximum absolute atomic E-state index is 12.9. The maximum Gasteiger partial charge on any atom is 0.573 e. The highest BCUT2D eigenvalue weighted by Crippen LogP contribution is 2.33. The number of rotatable bonds is 4. The first-order valence-electron chi connectivity index (χ1n) is 7.73. The number of hydrogen-bond donors (Lipinski definition) is 1. The molecule has 0 spiro atoms. The Labute approximate surface area is 148 Å². The third kappa shape index (κ3) is 3.84. The van der Waals surface area contributed by atoms with Gasteiger partial charge in [-0.25, -0.2) is 13.4 Å². The third-order valence-electron chi connectivity index (χ3n) is 4.14. The second kappa shape index (κ2) is 6.89. The number of halogens is 3. The minimum Gasteiger partial charge on any atom is -0.404 e. The van der Waals surface area contributed by atoms with Crippen LogP contribution in [0.25, 0.3) is 0 Å². The van der Waals surface area contributed by atoms with Gasteiger partial charge < -0.3 is 9.72 Å². The Balaban J connectivity index is 1.91. The molecule has 1 aliphatic rings. The molecule has 11 heteroatoms. The number of alkyl halides is 3.